The van der Waals surface area contributed by atoms with Crippen molar-refractivity contribution in [1.29, 1.82) is 0 Å². The molecule has 0 saturated carbocycles. The number of carbonyl (C=O) groups excluding carboxylic acids is 1. The van der Waals surface area contributed by atoms with Gasteiger partial charge in [-0.2, -0.15) is 0 Å². The van der Waals surface area contributed by atoms with Crippen LogP contribution in [-0.2, 0) is 17.8 Å². The van der Waals surface area contributed by atoms with Gasteiger partial charge in [0.15, 0.2) is 0 Å². The molecular formula is C16H22Cl2N2O. The zero-order chi connectivity index (χ0) is 14.1. The molecule has 5 heteroatoms. The lowest BCUT2D eigenvalue weighted by molar-refractivity contribution is -0.137. The largest absolute Gasteiger partial charge is 0.338 e. The van der Waals surface area contributed by atoms with Crippen molar-refractivity contribution in [3.8, 4) is 0 Å². The lowest BCUT2D eigenvalue weighted by atomic mass is 9.90. The van der Waals surface area contributed by atoms with Crippen LogP contribution in [0.2, 0.25) is 5.02 Å². The van der Waals surface area contributed by atoms with Crippen LogP contribution in [0.15, 0.2) is 18.2 Å². The normalized spacial score (nSPS) is 25.0. The van der Waals surface area contributed by atoms with Crippen molar-refractivity contribution in [3.05, 3.63) is 34.3 Å². The molecule has 1 aromatic carbocycles. The summed E-state index contributed by atoms with van der Waals surface area (Å²) in [6.45, 7) is 4.66. The van der Waals surface area contributed by atoms with E-state index in [2.05, 4.69) is 18.3 Å². The number of hydrogen-bond donors (Lipinski definition) is 1. The molecule has 3 rings (SSSR count). The fraction of sp³-hybridized carbons (Fsp3) is 0.562. The Balaban J connectivity index is 0.00000161. The minimum atomic E-state index is 0. The van der Waals surface area contributed by atoms with Gasteiger partial charge in [0.05, 0.1) is 0 Å². The molecule has 2 aliphatic rings. The van der Waals surface area contributed by atoms with E-state index in [4.69, 9.17) is 11.6 Å². The zero-order valence-corrected chi connectivity index (χ0v) is 13.8. The highest BCUT2D eigenvalue weighted by Gasteiger charge is 2.30. The fourth-order valence-electron chi connectivity index (χ4n) is 3.33. The molecule has 21 heavy (non-hydrogen) atoms. The zero-order valence-electron chi connectivity index (χ0n) is 12.3. The summed E-state index contributed by atoms with van der Waals surface area (Å²) in [6.07, 6.45) is 2.86. The van der Waals surface area contributed by atoms with Gasteiger partial charge in [0.25, 0.3) is 0 Å². The van der Waals surface area contributed by atoms with E-state index >= 15 is 0 Å². The molecule has 1 N–H and O–H groups in total. The summed E-state index contributed by atoms with van der Waals surface area (Å²) in [7, 11) is 0. The molecule has 116 valence electrons. The second-order valence-electron chi connectivity index (χ2n) is 6.00. The summed E-state index contributed by atoms with van der Waals surface area (Å²) in [6, 6.07) is 6.48. The first-order valence-electron chi connectivity index (χ1n) is 7.43. The van der Waals surface area contributed by atoms with Crippen LogP contribution in [0.5, 0.6) is 0 Å². The first-order valence-corrected chi connectivity index (χ1v) is 7.81. The second-order valence-corrected chi connectivity index (χ2v) is 6.44. The van der Waals surface area contributed by atoms with E-state index in [1.165, 1.54) is 11.1 Å². The molecule has 2 heterocycles. The van der Waals surface area contributed by atoms with Crippen LogP contribution in [0, 0.1) is 5.92 Å². The van der Waals surface area contributed by atoms with Crippen LogP contribution in [0.25, 0.3) is 0 Å². The first-order chi connectivity index (χ1) is 9.63. The maximum Gasteiger partial charge on any atom is 0.226 e. The van der Waals surface area contributed by atoms with Crippen molar-refractivity contribution in [1.82, 2.24) is 10.2 Å². The number of amides is 1. The molecular weight excluding hydrogens is 307 g/mol. The van der Waals surface area contributed by atoms with E-state index in [0.717, 1.165) is 37.4 Å². The van der Waals surface area contributed by atoms with E-state index in [-0.39, 0.29) is 18.3 Å². The third-order valence-corrected chi connectivity index (χ3v) is 4.70. The van der Waals surface area contributed by atoms with Crippen molar-refractivity contribution in [2.75, 3.05) is 13.1 Å². The second kappa shape index (κ2) is 6.99. The summed E-state index contributed by atoms with van der Waals surface area (Å²) in [5.74, 6) is 0.510. The predicted octanol–water partition coefficient (Wildman–Crippen LogP) is 3.03. The van der Waals surface area contributed by atoms with Gasteiger partial charge >= 0.3 is 0 Å². The van der Waals surface area contributed by atoms with Crippen LogP contribution < -0.4 is 5.32 Å². The summed E-state index contributed by atoms with van der Waals surface area (Å²) in [4.78, 5) is 14.7. The van der Waals surface area contributed by atoms with Crippen molar-refractivity contribution in [2.45, 2.75) is 38.8 Å². The van der Waals surface area contributed by atoms with Gasteiger partial charge in [-0.05, 0) is 56.0 Å². The Hall–Kier alpha value is -0.770. The van der Waals surface area contributed by atoms with Gasteiger partial charge in [-0.25, -0.2) is 0 Å². The average Bonchev–Trinajstić information content (AvgIpc) is 2.45. The maximum absolute atomic E-state index is 12.7. The number of piperidine rings is 1. The number of nitrogens with one attached hydrogen (secondary N) is 1. The Labute approximate surface area is 137 Å². The number of halogens is 2. The molecule has 2 aliphatic heterocycles. The average molecular weight is 329 g/mol. The lowest BCUT2D eigenvalue weighted by Gasteiger charge is -2.35. The third-order valence-electron chi connectivity index (χ3n) is 4.47. The Kier molecular flexibility index (Phi) is 5.53. The minimum Gasteiger partial charge on any atom is -0.338 e. The van der Waals surface area contributed by atoms with Gasteiger partial charge < -0.3 is 10.2 Å². The number of hydrogen-bond acceptors (Lipinski definition) is 2. The third kappa shape index (κ3) is 3.71. The van der Waals surface area contributed by atoms with Crippen molar-refractivity contribution < 1.29 is 4.79 Å². The van der Waals surface area contributed by atoms with Crippen LogP contribution in [-0.4, -0.2) is 29.9 Å². The molecule has 1 amide bonds. The van der Waals surface area contributed by atoms with Gasteiger partial charge in [-0.1, -0.05) is 17.7 Å². The molecule has 0 spiro atoms. The number of carbonyl (C=O) groups is 1. The number of nitrogens with zero attached hydrogens (tertiary/aromatic N) is 1. The molecule has 0 radical (unpaired) electrons. The Morgan fingerprint density at radius 1 is 1.38 bits per heavy atom. The highest BCUT2D eigenvalue weighted by Crippen LogP contribution is 2.26. The first kappa shape index (κ1) is 16.6. The number of rotatable bonds is 1. The van der Waals surface area contributed by atoms with Crippen LogP contribution >= 0.6 is 24.0 Å². The number of benzene rings is 1. The Morgan fingerprint density at radius 3 is 2.95 bits per heavy atom. The lowest BCUT2D eigenvalue weighted by Crippen LogP contribution is -2.45. The summed E-state index contributed by atoms with van der Waals surface area (Å²) in [5, 5.41) is 4.16. The molecule has 0 aromatic heterocycles. The molecule has 1 aromatic rings. The van der Waals surface area contributed by atoms with Crippen molar-refractivity contribution in [3.63, 3.8) is 0 Å². The van der Waals surface area contributed by atoms with Gasteiger partial charge in [-0.15, -0.1) is 12.4 Å². The molecule has 1 fully saturated rings. The van der Waals surface area contributed by atoms with Crippen LogP contribution in [0.3, 0.4) is 0 Å². The van der Waals surface area contributed by atoms with Crippen LogP contribution in [0.1, 0.15) is 30.9 Å². The van der Waals surface area contributed by atoms with Gasteiger partial charge in [-0.3, -0.25) is 4.79 Å². The number of fused-ring (bicyclic) bond motifs is 1. The molecule has 2 atom stereocenters. The molecule has 0 unspecified atom stereocenters. The van der Waals surface area contributed by atoms with Crippen molar-refractivity contribution >= 4 is 29.9 Å². The molecule has 0 bridgehead atoms. The topological polar surface area (TPSA) is 32.3 Å². The Bertz CT molecular complexity index is 521. The monoisotopic (exact) mass is 328 g/mol. The van der Waals surface area contributed by atoms with E-state index in [1.807, 2.05) is 17.0 Å². The van der Waals surface area contributed by atoms with Gasteiger partial charge in [0.2, 0.25) is 5.91 Å². The van der Waals surface area contributed by atoms with E-state index in [1.54, 1.807) is 0 Å². The summed E-state index contributed by atoms with van der Waals surface area (Å²) in [5.41, 5.74) is 2.54. The van der Waals surface area contributed by atoms with Gasteiger partial charge in [0, 0.05) is 30.1 Å². The minimum absolute atomic E-state index is 0. The highest BCUT2D eigenvalue weighted by molar-refractivity contribution is 6.30. The van der Waals surface area contributed by atoms with E-state index in [9.17, 15) is 4.79 Å². The predicted molar refractivity (Wildman–Crippen MR) is 88.0 cm³/mol. The van der Waals surface area contributed by atoms with E-state index in [0.29, 0.717) is 18.5 Å². The fourth-order valence-corrected chi connectivity index (χ4v) is 3.52. The Morgan fingerprint density at radius 2 is 2.19 bits per heavy atom. The standard InChI is InChI=1S/C16H21ClN2O.ClH/c1-11-8-13(4-6-18-11)16(20)19-7-5-12-2-3-15(17)9-14(12)10-19;/h2-3,9,11,13,18H,4-8,10H2,1H3;1H/t11-,13-;/m0./s1. The van der Waals surface area contributed by atoms with Gasteiger partial charge in [0.1, 0.15) is 0 Å². The van der Waals surface area contributed by atoms with Crippen LogP contribution in [0.4, 0.5) is 0 Å². The van der Waals surface area contributed by atoms with Crippen molar-refractivity contribution in [2.24, 2.45) is 5.92 Å². The maximum atomic E-state index is 12.7. The quantitative estimate of drug-likeness (QED) is 0.859. The highest BCUT2D eigenvalue weighted by atomic mass is 35.5. The molecule has 3 nitrogen and oxygen atoms in total. The summed E-state index contributed by atoms with van der Waals surface area (Å²) < 4.78 is 0. The van der Waals surface area contributed by atoms with E-state index < -0.39 is 0 Å². The molecule has 1 saturated heterocycles. The molecule has 0 aliphatic carbocycles. The summed E-state index contributed by atoms with van der Waals surface area (Å²) >= 11 is 6.06. The smallest absolute Gasteiger partial charge is 0.226 e. The SMILES string of the molecule is C[C@H]1C[C@@H](C(=O)N2CCc3ccc(Cl)cc3C2)CCN1.Cl.